The van der Waals surface area contributed by atoms with Gasteiger partial charge in [-0.15, -0.1) is 0 Å². The summed E-state index contributed by atoms with van der Waals surface area (Å²) < 4.78 is 16.6. The van der Waals surface area contributed by atoms with Crippen LogP contribution in [0.1, 0.15) is 46.1 Å². The Labute approximate surface area is 184 Å². The van der Waals surface area contributed by atoms with Crippen molar-refractivity contribution < 1.29 is 24.1 Å². The normalized spacial score (nSPS) is 24.4. The highest BCUT2D eigenvalue weighted by Gasteiger charge is 2.42. The number of hydrogen-bond acceptors (Lipinski definition) is 5. The predicted octanol–water partition coefficient (Wildman–Crippen LogP) is 5.06. The van der Waals surface area contributed by atoms with Gasteiger partial charge in [-0.25, -0.2) is 0 Å². The number of carbonyl (C=O) groups is 1. The van der Waals surface area contributed by atoms with Crippen LogP contribution in [0, 0.1) is 5.41 Å². The van der Waals surface area contributed by atoms with Gasteiger partial charge in [0.05, 0.1) is 30.5 Å². The first-order valence-electron chi connectivity index (χ1n) is 10.2. The lowest BCUT2D eigenvalue weighted by atomic mass is 9.76. The highest BCUT2D eigenvalue weighted by Crippen LogP contribution is 2.39. The van der Waals surface area contributed by atoms with E-state index in [0.717, 1.165) is 22.1 Å². The minimum atomic E-state index is -1.04. The van der Waals surface area contributed by atoms with Crippen LogP contribution >= 0.6 is 12.6 Å². The van der Waals surface area contributed by atoms with Crippen molar-refractivity contribution in [2.24, 2.45) is 5.41 Å². The van der Waals surface area contributed by atoms with Gasteiger partial charge in [0.15, 0.2) is 6.29 Å². The van der Waals surface area contributed by atoms with E-state index in [-0.39, 0.29) is 11.7 Å². The Bertz CT molecular complexity index is 911. The molecule has 0 bridgehead atoms. The number of fused-ring (bicyclic) bond motifs is 1. The van der Waals surface area contributed by atoms with Crippen molar-refractivity contribution in [2.75, 3.05) is 20.3 Å². The Morgan fingerprint density at radius 2 is 1.73 bits per heavy atom. The first-order valence-corrected chi connectivity index (χ1v) is 10.7. The molecule has 1 saturated heterocycles. The summed E-state index contributed by atoms with van der Waals surface area (Å²) in [5.41, 5.74) is -0.377. The SMILES string of the molecule is COc1ccc2cc(C(C)(CCC3(S)COC(C(C)(C)C)OC3)C(=O)O)ccc2c1. The summed E-state index contributed by atoms with van der Waals surface area (Å²) in [6, 6.07) is 11.6. The molecule has 0 aliphatic carbocycles. The molecule has 164 valence electrons. The highest BCUT2D eigenvalue weighted by atomic mass is 32.1. The number of carboxylic acids is 1. The number of rotatable bonds is 6. The van der Waals surface area contributed by atoms with Crippen LogP contribution in [0.5, 0.6) is 5.75 Å². The molecule has 0 amide bonds. The minimum absolute atomic E-state index is 0.113. The molecule has 5 nitrogen and oxygen atoms in total. The van der Waals surface area contributed by atoms with Gasteiger partial charge < -0.3 is 19.3 Å². The number of aliphatic carboxylic acids is 1. The highest BCUT2D eigenvalue weighted by molar-refractivity contribution is 7.81. The average molecular weight is 433 g/mol. The maximum atomic E-state index is 12.3. The summed E-state index contributed by atoms with van der Waals surface area (Å²) in [5, 5.41) is 12.1. The molecule has 2 aromatic carbocycles. The lowest BCUT2D eigenvalue weighted by Crippen LogP contribution is -2.48. The third kappa shape index (κ3) is 4.76. The Morgan fingerprint density at radius 3 is 2.30 bits per heavy atom. The van der Waals surface area contributed by atoms with Crippen LogP contribution in [0.25, 0.3) is 10.8 Å². The monoisotopic (exact) mass is 432 g/mol. The molecule has 1 aliphatic heterocycles. The summed E-state index contributed by atoms with van der Waals surface area (Å²) in [5.74, 6) is -0.0726. The van der Waals surface area contributed by atoms with Crippen molar-refractivity contribution in [2.45, 2.75) is 57.0 Å². The van der Waals surface area contributed by atoms with E-state index >= 15 is 0 Å². The van der Waals surface area contributed by atoms with E-state index in [1.165, 1.54) is 0 Å². The van der Waals surface area contributed by atoms with Crippen LogP contribution < -0.4 is 4.74 Å². The van der Waals surface area contributed by atoms with Gasteiger partial charge in [-0.05, 0) is 48.2 Å². The third-order valence-electron chi connectivity index (χ3n) is 5.96. The second-order valence-corrected chi connectivity index (χ2v) is 10.6. The maximum Gasteiger partial charge on any atom is 0.313 e. The smallest absolute Gasteiger partial charge is 0.313 e. The zero-order valence-electron chi connectivity index (χ0n) is 18.4. The van der Waals surface area contributed by atoms with Gasteiger partial charge in [0.2, 0.25) is 0 Å². The van der Waals surface area contributed by atoms with Crippen LogP contribution in [0.2, 0.25) is 0 Å². The topological polar surface area (TPSA) is 65.0 Å². The van der Waals surface area contributed by atoms with E-state index in [9.17, 15) is 9.90 Å². The first kappa shape index (κ1) is 22.9. The molecule has 0 aromatic heterocycles. The number of benzene rings is 2. The molecule has 0 saturated carbocycles. The van der Waals surface area contributed by atoms with Crippen LogP contribution in [0.4, 0.5) is 0 Å². The lowest BCUT2D eigenvalue weighted by Gasteiger charge is -2.42. The van der Waals surface area contributed by atoms with Gasteiger partial charge in [-0.1, -0.05) is 45.0 Å². The van der Waals surface area contributed by atoms with Gasteiger partial charge in [0.1, 0.15) is 5.75 Å². The summed E-state index contributed by atoms with van der Waals surface area (Å²) in [4.78, 5) is 12.3. The van der Waals surface area contributed by atoms with Crippen LogP contribution in [-0.2, 0) is 19.7 Å². The van der Waals surface area contributed by atoms with Gasteiger partial charge in [0.25, 0.3) is 0 Å². The quantitative estimate of drug-likeness (QED) is 0.625. The zero-order chi connectivity index (χ0) is 22.2. The summed E-state index contributed by atoms with van der Waals surface area (Å²) in [6.45, 7) is 8.86. The molecule has 0 radical (unpaired) electrons. The largest absolute Gasteiger partial charge is 0.497 e. The van der Waals surface area contributed by atoms with Gasteiger partial charge in [-0.2, -0.15) is 12.6 Å². The number of hydrogen-bond donors (Lipinski definition) is 2. The number of thiol groups is 1. The molecule has 3 rings (SSSR count). The molecule has 2 aromatic rings. The van der Waals surface area contributed by atoms with Crippen molar-refractivity contribution in [1.29, 1.82) is 0 Å². The fraction of sp³-hybridized carbons (Fsp3) is 0.542. The van der Waals surface area contributed by atoms with Crippen LogP contribution in [0.15, 0.2) is 36.4 Å². The molecule has 0 spiro atoms. The molecular formula is C24H32O5S. The number of methoxy groups -OCH3 is 1. The Kier molecular flexibility index (Phi) is 6.42. The Hall–Kier alpha value is -1.76. The van der Waals surface area contributed by atoms with E-state index in [2.05, 4.69) is 20.8 Å². The van der Waals surface area contributed by atoms with Crippen molar-refractivity contribution in [3.63, 3.8) is 0 Å². The fourth-order valence-corrected chi connectivity index (χ4v) is 4.01. The lowest BCUT2D eigenvalue weighted by molar-refractivity contribution is -0.235. The molecule has 1 heterocycles. The molecule has 1 aliphatic rings. The minimum Gasteiger partial charge on any atom is -0.497 e. The first-order chi connectivity index (χ1) is 14.0. The van der Waals surface area contributed by atoms with E-state index in [4.69, 9.17) is 26.8 Å². The standard InChI is InChI=1S/C24H32O5S/c1-22(2,3)21-28-14-24(30,15-29-21)11-10-23(4,20(25)26)18-8-6-17-13-19(27-5)9-7-16(17)12-18/h6-9,12-13,21,30H,10-11,14-15H2,1-5H3,(H,25,26). The van der Waals surface area contributed by atoms with Gasteiger partial charge >= 0.3 is 5.97 Å². The Balaban J connectivity index is 1.78. The molecule has 1 atom stereocenters. The van der Waals surface area contributed by atoms with Crippen molar-refractivity contribution in [3.8, 4) is 5.75 Å². The van der Waals surface area contributed by atoms with Crippen LogP contribution in [-0.4, -0.2) is 42.4 Å². The summed E-state index contributed by atoms with van der Waals surface area (Å²) in [7, 11) is 1.63. The van der Waals surface area contributed by atoms with Gasteiger partial charge in [0, 0.05) is 5.41 Å². The van der Waals surface area contributed by atoms with Crippen molar-refractivity contribution in [1.82, 2.24) is 0 Å². The van der Waals surface area contributed by atoms with E-state index in [1.807, 2.05) is 36.4 Å². The molecule has 1 fully saturated rings. The second-order valence-electron chi connectivity index (χ2n) is 9.61. The molecule has 30 heavy (non-hydrogen) atoms. The molecule has 1 unspecified atom stereocenters. The fourth-order valence-electron chi connectivity index (χ4n) is 3.75. The molecule has 6 heteroatoms. The molecular weight excluding hydrogens is 400 g/mol. The van der Waals surface area contributed by atoms with Crippen LogP contribution in [0.3, 0.4) is 0 Å². The molecule has 1 N–H and O–H groups in total. The predicted molar refractivity (Wildman–Crippen MR) is 122 cm³/mol. The summed E-state index contributed by atoms with van der Waals surface area (Å²) in [6.07, 6.45) is 0.720. The zero-order valence-corrected chi connectivity index (χ0v) is 19.3. The number of carboxylic acid groups (broad SMARTS) is 1. The second kappa shape index (κ2) is 8.40. The third-order valence-corrected chi connectivity index (χ3v) is 6.44. The summed E-state index contributed by atoms with van der Waals surface area (Å²) >= 11 is 4.80. The van der Waals surface area contributed by atoms with Crippen molar-refractivity contribution in [3.05, 3.63) is 42.0 Å². The van der Waals surface area contributed by atoms with Crippen molar-refractivity contribution >= 4 is 29.4 Å². The van der Waals surface area contributed by atoms with E-state index in [1.54, 1.807) is 14.0 Å². The number of ether oxygens (including phenoxy) is 3. The van der Waals surface area contributed by atoms with E-state index < -0.39 is 16.1 Å². The van der Waals surface area contributed by atoms with E-state index in [0.29, 0.717) is 26.1 Å². The maximum absolute atomic E-state index is 12.3. The van der Waals surface area contributed by atoms with Gasteiger partial charge in [-0.3, -0.25) is 4.79 Å². The Morgan fingerprint density at radius 1 is 1.13 bits per heavy atom. The average Bonchev–Trinajstić information content (AvgIpc) is 2.70.